The lowest BCUT2D eigenvalue weighted by Gasteiger charge is -2.17. The van der Waals surface area contributed by atoms with Crippen LogP contribution in [0.1, 0.15) is 27.0 Å². The van der Waals surface area contributed by atoms with Gasteiger partial charge >= 0.3 is 6.18 Å². The van der Waals surface area contributed by atoms with Crippen molar-refractivity contribution in [1.29, 1.82) is 0 Å². The van der Waals surface area contributed by atoms with E-state index in [2.05, 4.69) is 0 Å². The Bertz CT molecular complexity index is 802. The molecule has 2 aromatic rings. The van der Waals surface area contributed by atoms with Gasteiger partial charge < -0.3 is 10.0 Å². The maximum atomic E-state index is 13.7. The number of benzene rings is 2. The Morgan fingerprint density at radius 2 is 1.92 bits per heavy atom. The molecule has 0 saturated carbocycles. The highest BCUT2D eigenvalue weighted by molar-refractivity contribution is 6.10. The molecule has 1 heterocycles. The van der Waals surface area contributed by atoms with Gasteiger partial charge in [0.15, 0.2) is 0 Å². The number of nitrogens with zero attached hydrogens (tertiary/aromatic N) is 1. The van der Waals surface area contributed by atoms with E-state index in [1.165, 1.54) is 24.3 Å². The van der Waals surface area contributed by atoms with Gasteiger partial charge in [-0.2, -0.15) is 13.2 Å². The van der Waals surface area contributed by atoms with Crippen LogP contribution in [0, 0.1) is 5.82 Å². The van der Waals surface area contributed by atoms with Gasteiger partial charge in [-0.1, -0.05) is 6.07 Å². The molecule has 126 valence electrons. The van der Waals surface area contributed by atoms with Crippen molar-refractivity contribution in [1.82, 2.24) is 0 Å². The Hall–Kier alpha value is -2.41. The predicted octanol–water partition coefficient (Wildman–Crippen LogP) is 3.54. The Balaban J connectivity index is 2.03. The van der Waals surface area contributed by atoms with Gasteiger partial charge in [-0.15, -0.1) is 0 Å². The van der Waals surface area contributed by atoms with Crippen LogP contribution < -0.4 is 4.90 Å². The summed E-state index contributed by atoms with van der Waals surface area (Å²) in [7, 11) is 0. The van der Waals surface area contributed by atoms with Crippen molar-refractivity contribution in [3.63, 3.8) is 0 Å². The lowest BCUT2D eigenvalue weighted by Crippen LogP contribution is -2.23. The SMILES string of the molecule is O=C1c2cccc(C(F)(F)F)c2CN1c1cc(F)cc(CCO)c1. The van der Waals surface area contributed by atoms with E-state index in [1.54, 1.807) is 0 Å². The van der Waals surface area contributed by atoms with Crippen LogP contribution in [0.25, 0.3) is 0 Å². The number of halogens is 4. The zero-order chi connectivity index (χ0) is 17.5. The van der Waals surface area contributed by atoms with Gasteiger partial charge in [0.1, 0.15) is 5.82 Å². The molecule has 0 aliphatic carbocycles. The van der Waals surface area contributed by atoms with E-state index in [-0.39, 0.29) is 36.4 Å². The first-order valence-corrected chi connectivity index (χ1v) is 7.22. The fourth-order valence-electron chi connectivity index (χ4n) is 2.87. The fourth-order valence-corrected chi connectivity index (χ4v) is 2.87. The van der Waals surface area contributed by atoms with Crippen molar-refractivity contribution < 1.29 is 27.5 Å². The molecule has 7 heteroatoms. The van der Waals surface area contributed by atoms with Crippen molar-refractivity contribution in [2.45, 2.75) is 19.1 Å². The second-order valence-electron chi connectivity index (χ2n) is 5.51. The molecule has 0 atom stereocenters. The van der Waals surface area contributed by atoms with Gasteiger partial charge in [0.05, 0.1) is 12.1 Å². The summed E-state index contributed by atoms with van der Waals surface area (Å²) in [6.45, 7) is -0.471. The number of aliphatic hydroxyl groups excluding tert-OH is 1. The number of fused-ring (bicyclic) bond motifs is 1. The quantitative estimate of drug-likeness (QED) is 0.869. The maximum Gasteiger partial charge on any atom is 0.416 e. The molecule has 3 nitrogen and oxygen atoms in total. The van der Waals surface area contributed by atoms with Crippen LogP contribution in [0.2, 0.25) is 0 Å². The Morgan fingerprint density at radius 3 is 2.58 bits per heavy atom. The summed E-state index contributed by atoms with van der Waals surface area (Å²) in [5.74, 6) is -1.22. The average molecular weight is 339 g/mol. The van der Waals surface area contributed by atoms with E-state index < -0.39 is 23.5 Å². The molecule has 0 radical (unpaired) electrons. The number of aliphatic hydroxyl groups is 1. The van der Waals surface area contributed by atoms with E-state index in [0.717, 1.165) is 17.0 Å². The highest BCUT2D eigenvalue weighted by Gasteiger charge is 2.39. The molecule has 1 amide bonds. The maximum absolute atomic E-state index is 13.7. The van der Waals surface area contributed by atoms with E-state index in [0.29, 0.717) is 5.56 Å². The molecule has 0 unspecified atom stereocenters. The summed E-state index contributed by atoms with van der Waals surface area (Å²) in [5.41, 5.74) is -0.358. The van der Waals surface area contributed by atoms with Crippen molar-refractivity contribution in [2.75, 3.05) is 11.5 Å². The number of hydrogen-bond donors (Lipinski definition) is 1. The molecular weight excluding hydrogens is 326 g/mol. The Morgan fingerprint density at radius 1 is 1.17 bits per heavy atom. The third-order valence-electron chi connectivity index (χ3n) is 3.93. The lowest BCUT2D eigenvalue weighted by molar-refractivity contribution is -0.138. The average Bonchev–Trinajstić information content (AvgIpc) is 2.83. The third-order valence-corrected chi connectivity index (χ3v) is 3.93. The van der Waals surface area contributed by atoms with Crippen molar-refractivity contribution in [3.8, 4) is 0 Å². The monoisotopic (exact) mass is 339 g/mol. The summed E-state index contributed by atoms with van der Waals surface area (Å²) in [5, 5.41) is 8.96. The number of alkyl halides is 3. The van der Waals surface area contributed by atoms with Gasteiger partial charge in [-0.3, -0.25) is 4.79 Å². The van der Waals surface area contributed by atoms with Gasteiger partial charge in [0.2, 0.25) is 0 Å². The standard InChI is InChI=1S/C17H13F4NO2/c18-11-6-10(4-5-23)7-12(8-11)22-9-14-13(16(22)24)2-1-3-15(14)17(19,20)21/h1-3,6-8,23H,4-5,9H2. The molecule has 1 aliphatic rings. The number of carbonyl (C=O) groups is 1. The van der Waals surface area contributed by atoms with Crippen LogP contribution >= 0.6 is 0 Å². The van der Waals surface area contributed by atoms with Crippen LogP contribution in [-0.2, 0) is 19.1 Å². The minimum atomic E-state index is -4.56. The minimum Gasteiger partial charge on any atom is -0.396 e. The molecule has 0 fully saturated rings. The molecule has 0 bridgehead atoms. The van der Waals surface area contributed by atoms with Gasteiger partial charge in [-0.05, 0) is 47.9 Å². The summed E-state index contributed by atoms with van der Waals surface area (Å²) < 4.78 is 53.1. The number of carbonyl (C=O) groups excluding carboxylic acids is 1. The van der Waals surface area contributed by atoms with E-state index >= 15 is 0 Å². The zero-order valence-corrected chi connectivity index (χ0v) is 12.4. The molecule has 0 saturated heterocycles. The Kier molecular flexibility index (Phi) is 4.04. The van der Waals surface area contributed by atoms with Gasteiger partial charge in [0, 0.05) is 17.9 Å². The Labute approximate surface area is 135 Å². The summed E-state index contributed by atoms with van der Waals surface area (Å²) in [4.78, 5) is 13.6. The third kappa shape index (κ3) is 2.87. The van der Waals surface area contributed by atoms with Crippen LogP contribution in [0.4, 0.5) is 23.2 Å². The molecule has 3 rings (SSSR count). The highest BCUT2D eigenvalue weighted by atomic mass is 19.4. The molecule has 24 heavy (non-hydrogen) atoms. The van der Waals surface area contributed by atoms with E-state index in [1.807, 2.05) is 0 Å². The summed E-state index contributed by atoms with van der Waals surface area (Å²) in [6.07, 6.45) is -4.38. The molecular formula is C17H13F4NO2. The lowest BCUT2D eigenvalue weighted by atomic mass is 10.0. The summed E-state index contributed by atoms with van der Waals surface area (Å²) >= 11 is 0. The van der Waals surface area contributed by atoms with Crippen LogP contribution in [0.3, 0.4) is 0 Å². The number of hydrogen-bond acceptors (Lipinski definition) is 2. The van der Waals surface area contributed by atoms with Crippen molar-refractivity contribution >= 4 is 11.6 Å². The molecule has 1 N–H and O–H groups in total. The smallest absolute Gasteiger partial charge is 0.396 e. The molecule has 2 aromatic carbocycles. The first-order chi connectivity index (χ1) is 11.3. The second kappa shape index (κ2) is 5.90. The fraction of sp³-hybridized carbons (Fsp3) is 0.235. The van der Waals surface area contributed by atoms with Crippen LogP contribution in [0.5, 0.6) is 0 Å². The van der Waals surface area contributed by atoms with Crippen LogP contribution in [0.15, 0.2) is 36.4 Å². The largest absolute Gasteiger partial charge is 0.416 e. The number of rotatable bonds is 3. The number of amides is 1. The van der Waals surface area contributed by atoms with Crippen molar-refractivity contribution in [2.24, 2.45) is 0 Å². The van der Waals surface area contributed by atoms with E-state index in [9.17, 15) is 22.4 Å². The predicted molar refractivity (Wildman–Crippen MR) is 79.1 cm³/mol. The van der Waals surface area contributed by atoms with Gasteiger partial charge in [-0.25, -0.2) is 4.39 Å². The topological polar surface area (TPSA) is 40.5 Å². The van der Waals surface area contributed by atoms with E-state index in [4.69, 9.17) is 5.11 Å². The highest BCUT2D eigenvalue weighted by Crippen LogP contribution is 2.38. The molecule has 1 aliphatic heterocycles. The number of anilines is 1. The molecule has 0 spiro atoms. The van der Waals surface area contributed by atoms with Gasteiger partial charge in [0.25, 0.3) is 5.91 Å². The minimum absolute atomic E-state index is 0.0298. The normalized spacial score (nSPS) is 14.2. The zero-order valence-electron chi connectivity index (χ0n) is 12.4. The molecule has 0 aromatic heterocycles. The second-order valence-corrected chi connectivity index (χ2v) is 5.51. The van der Waals surface area contributed by atoms with Crippen LogP contribution in [-0.4, -0.2) is 17.6 Å². The van der Waals surface area contributed by atoms with Crippen molar-refractivity contribution in [3.05, 3.63) is 64.5 Å². The first kappa shape index (κ1) is 16.4. The first-order valence-electron chi connectivity index (χ1n) is 7.22. The summed E-state index contributed by atoms with van der Waals surface area (Å²) in [6, 6.07) is 7.26.